The van der Waals surface area contributed by atoms with Crippen LogP contribution in [0, 0.1) is 5.92 Å². The van der Waals surface area contributed by atoms with E-state index in [4.69, 9.17) is 5.11 Å². The number of likely N-dealkylation sites (N-methyl/N-ethyl adjacent to an activating group) is 1. The molecule has 0 radical (unpaired) electrons. The highest BCUT2D eigenvalue weighted by atomic mass is 16.4. The maximum atomic E-state index is 10.7. The van der Waals surface area contributed by atoms with E-state index in [0.717, 1.165) is 12.4 Å². The quantitative estimate of drug-likeness (QED) is 0.764. The first-order valence-electron chi connectivity index (χ1n) is 5.83. The van der Waals surface area contributed by atoms with Crippen LogP contribution in [0.25, 0.3) is 0 Å². The van der Waals surface area contributed by atoms with Gasteiger partial charge in [-0.05, 0) is 12.5 Å². The zero-order valence-electron chi connectivity index (χ0n) is 10.6. The summed E-state index contributed by atoms with van der Waals surface area (Å²) in [6.07, 6.45) is 1.52. The van der Waals surface area contributed by atoms with E-state index in [1.54, 1.807) is 0 Å². The summed E-state index contributed by atoms with van der Waals surface area (Å²) in [5.74, 6) is 0.494. The summed E-state index contributed by atoms with van der Waals surface area (Å²) in [7, 11) is 0. The van der Waals surface area contributed by atoms with Crippen LogP contribution in [0.3, 0.4) is 0 Å². The van der Waals surface area contributed by atoms with Crippen LogP contribution in [0.15, 0.2) is 6.33 Å². The molecule has 1 aromatic heterocycles. The van der Waals surface area contributed by atoms with Gasteiger partial charge in [0.05, 0.1) is 13.1 Å². The molecular weight excluding hydrogens is 220 g/mol. The summed E-state index contributed by atoms with van der Waals surface area (Å²) in [6.45, 7) is 8.20. The molecular formula is C11H20N4O2. The first-order chi connectivity index (χ1) is 8.02. The van der Waals surface area contributed by atoms with Gasteiger partial charge < -0.3 is 5.11 Å². The number of aromatic nitrogens is 3. The number of hydrogen-bond acceptors (Lipinski definition) is 4. The Bertz CT molecular complexity index is 362. The van der Waals surface area contributed by atoms with E-state index in [0.29, 0.717) is 19.0 Å². The monoisotopic (exact) mass is 240 g/mol. The second kappa shape index (κ2) is 6.34. The Labute approximate surface area is 101 Å². The van der Waals surface area contributed by atoms with E-state index in [1.807, 2.05) is 16.5 Å². The van der Waals surface area contributed by atoms with Crippen molar-refractivity contribution in [1.29, 1.82) is 0 Å². The fourth-order valence-corrected chi connectivity index (χ4v) is 1.58. The lowest BCUT2D eigenvalue weighted by Gasteiger charge is -2.18. The summed E-state index contributed by atoms with van der Waals surface area (Å²) in [6, 6.07) is 0. The Kier molecular flexibility index (Phi) is 5.09. The van der Waals surface area contributed by atoms with Crippen molar-refractivity contribution >= 4 is 5.97 Å². The van der Waals surface area contributed by atoms with Gasteiger partial charge in [-0.25, -0.2) is 9.67 Å². The van der Waals surface area contributed by atoms with Crippen molar-refractivity contribution in [2.75, 3.05) is 13.1 Å². The first kappa shape index (κ1) is 13.6. The van der Waals surface area contributed by atoms with E-state index in [-0.39, 0.29) is 6.54 Å². The van der Waals surface area contributed by atoms with Gasteiger partial charge in [0.1, 0.15) is 12.2 Å². The lowest BCUT2D eigenvalue weighted by atomic mass is 10.2. The van der Waals surface area contributed by atoms with Crippen LogP contribution in [0.1, 0.15) is 26.6 Å². The standard InChI is InChI=1S/C11H20N4O2/c1-4-14(7-11(16)17)6-10-12-8-13-15(10)5-9(2)3/h8-9H,4-7H2,1-3H3,(H,16,17). The molecule has 6 heteroatoms. The maximum Gasteiger partial charge on any atom is 0.317 e. The third-order valence-electron chi connectivity index (χ3n) is 2.40. The van der Waals surface area contributed by atoms with Crippen LogP contribution in [0.4, 0.5) is 0 Å². The van der Waals surface area contributed by atoms with Crippen LogP contribution < -0.4 is 0 Å². The van der Waals surface area contributed by atoms with Crippen molar-refractivity contribution in [2.24, 2.45) is 5.92 Å². The summed E-state index contributed by atoms with van der Waals surface area (Å²) >= 11 is 0. The highest BCUT2D eigenvalue weighted by Crippen LogP contribution is 2.04. The number of carbonyl (C=O) groups is 1. The molecule has 0 bridgehead atoms. The molecule has 1 aromatic rings. The van der Waals surface area contributed by atoms with Gasteiger partial charge in [0.25, 0.3) is 0 Å². The number of hydrogen-bond donors (Lipinski definition) is 1. The van der Waals surface area contributed by atoms with Crippen molar-refractivity contribution < 1.29 is 9.90 Å². The SMILES string of the molecule is CCN(CC(=O)O)Cc1ncnn1CC(C)C. The minimum Gasteiger partial charge on any atom is -0.480 e. The van der Waals surface area contributed by atoms with Gasteiger partial charge >= 0.3 is 5.97 Å². The van der Waals surface area contributed by atoms with Crippen LogP contribution >= 0.6 is 0 Å². The number of carboxylic acid groups (broad SMARTS) is 1. The smallest absolute Gasteiger partial charge is 0.317 e. The summed E-state index contributed by atoms with van der Waals surface area (Å²) < 4.78 is 1.84. The summed E-state index contributed by atoms with van der Waals surface area (Å²) in [5.41, 5.74) is 0. The number of carboxylic acids is 1. The molecule has 0 saturated heterocycles. The van der Waals surface area contributed by atoms with Crippen LogP contribution in [-0.4, -0.2) is 43.8 Å². The van der Waals surface area contributed by atoms with Gasteiger partial charge in [0, 0.05) is 6.54 Å². The van der Waals surface area contributed by atoms with Gasteiger partial charge in [0.2, 0.25) is 0 Å². The number of aliphatic carboxylic acids is 1. The second-order valence-electron chi connectivity index (χ2n) is 4.45. The molecule has 0 aromatic carbocycles. The molecule has 17 heavy (non-hydrogen) atoms. The van der Waals surface area contributed by atoms with Gasteiger partial charge in [0.15, 0.2) is 0 Å². The number of rotatable bonds is 7. The number of nitrogens with zero attached hydrogens (tertiary/aromatic N) is 4. The van der Waals surface area contributed by atoms with E-state index < -0.39 is 5.97 Å². The Morgan fingerprint density at radius 3 is 2.82 bits per heavy atom. The molecule has 0 amide bonds. The topological polar surface area (TPSA) is 71.2 Å². The van der Waals surface area contributed by atoms with Gasteiger partial charge in [-0.3, -0.25) is 9.69 Å². The molecule has 0 spiro atoms. The molecule has 96 valence electrons. The zero-order valence-corrected chi connectivity index (χ0v) is 10.6. The highest BCUT2D eigenvalue weighted by molar-refractivity contribution is 5.69. The molecule has 0 aliphatic heterocycles. The Hall–Kier alpha value is -1.43. The van der Waals surface area contributed by atoms with Crippen molar-refractivity contribution in [3.8, 4) is 0 Å². The fourth-order valence-electron chi connectivity index (χ4n) is 1.58. The summed E-state index contributed by atoms with van der Waals surface area (Å²) in [4.78, 5) is 16.7. The molecule has 1 heterocycles. The van der Waals surface area contributed by atoms with Gasteiger partial charge in [-0.1, -0.05) is 20.8 Å². The second-order valence-corrected chi connectivity index (χ2v) is 4.45. The summed E-state index contributed by atoms with van der Waals surface area (Å²) in [5, 5.41) is 12.9. The lowest BCUT2D eigenvalue weighted by molar-refractivity contribution is -0.138. The molecule has 0 aliphatic rings. The molecule has 0 unspecified atom stereocenters. The molecule has 1 rings (SSSR count). The Morgan fingerprint density at radius 2 is 2.29 bits per heavy atom. The van der Waals surface area contributed by atoms with E-state index in [2.05, 4.69) is 23.9 Å². The molecule has 0 atom stereocenters. The molecule has 6 nitrogen and oxygen atoms in total. The van der Waals surface area contributed by atoms with Crippen molar-refractivity contribution in [2.45, 2.75) is 33.9 Å². The molecule has 1 N–H and O–H groups in total. The third-order valence-corrected chi connectivity index (χ3v) is 2.40. The van der Waals surface area contributed by atoms with Crippen LogP contribution in [-0.2, 0) is 17.9 Å². The van der Waals surface area contributed by atoms with Crippen molar-refractivity contribution in [3.05, 3.63) is 12.2 Å². The van der Waals surface area contributed by atoms with Crippen LogP contribution in [0.5, 0.6) is 0 Å². The van der Waals surface area contributed by atoms with E-state index in [1.165, 1.54) is 6.33 Å². The van der Waals surface area contributed by atoms with E-state index >= 15 is 0 Å². The van der Waals surface area contributed by atoms with Crippen molar-refractivity contribution in [3.63, 3.8) is 0 Å². The maximum absolute atomic E-state index is 10.7. The fraction of sp³-hybridized carbons (Fsp3) is 0.727. The van der Waals surface area contributed by atoms with Crippen molar-refractivity contribution in [1.82, 2.24) is 19.7 Å². The normalized spacial score (nSPS) is 11.4. The minimum atomic E-state index is -0.818. The zero-order chi connectivity index (χ0) is 12.8. The largest absolute Gasteiger partial charge is 0.480 e. The molecule has 0 aliphatic carbocycles. The Balaban J connectivity index is 2.65. The minimum absolute atomic E-state index is 0.0328. The van der Waals surface area contributed by atoms with Gasteiger partial charge in [-0.2, -0.15) is 5.10 Å². The molecule has 0 fully saturated rings. The average Bonchev–Trinajstić information content (AvgIpc) is 2.63. The van der Waals surface area contributed by atoms with E-state index in [9.17, 15) is 4.79 Å². The molecule has 0 saturated carbocycles. The Morgan fingerprint density at radius 1 is 1.59 bits per heavy atom. The predicted molar refractivity (Wildman–Crippen MR) is 63.4 cm³/mol. The van der Waals surface area contributed by atoms with Gasteiger partial charge in [-0.15, -0.1) is 0 Å². The average molecular weight is 240 g/mol. The highest BCUT2D eigenvalue weighted by Gasteiger charge is 2.12. The first-order valence-corrected chi connectivity index (χ1v) is 5.83. The lowest BCUT2D eigenvalue weighted by Crippen LogP contribution is -2.30. The third kappa shape index (κ3) is 4.52. The van der Waals surface area contributed by atoms with Crippen LogP contribution in [0.2, 0.25) is 0 Å². The predicted octanol–water partition coefficient (Wildman–Crippen LogP) is 0.841.